The van der Waals surface area contributed by atoms with Crippen molar-refractivity contribution < 1.29 is 4.39 Å². The first kappa shape index (κ1) is 8.49. The Morgan fingerprint density at radius 2 is 2.27 bits per heavy atom. The van der Waals surface area contributed by atoms with Crippen LogP contribution >= 0.6 is 15.9 Å². The van der Waals surface area contributed by atoms with Gasteiger partial charge in [0.05, 0.1) is 5.69 Å². The number of hydrazine groups is 1. The van der Waals surface area contributed by atoms with E-state index in [-0.39, 0.29) is 5.82 Å². The van der Waals surface area contributed by atoms with Crippen molar-refractivity contribution in [3.63, 3.8) is 0 Å². The normalized spacial score (nSPS) is 9.73. The van der Waals surface area contributed by atoms with E-state index in [1.807, 2.05) is 0 Å². The van der Waals surface area contributed by atoms with Crippen molar-refractivity contribution in [1.29, 1.82) is 0 Å². The van der Waals surface area contributed by atoms with Gasteiger partial charge in [-0.05, 0) is 17.7 Å². The average Bonchev–Trinajstić information content (AvgIpc) is 2.04. The van der Waals surface area contributed by atoms with Crippen LogP contribution in [0.5, 0.6) is 0 Å². The molecule has 4 heteroatoms. The molecule has 0 bridgehead atoms. The van der Waals surface area contributed by atoms with Gasteiger partial charge in [-0.1, -0.05) is 22.0 Å². The zero-order valence-corrected chi connectivity index (χ0v) is 7.36. The van der Waals surface area contributed by atoms with Crippen LogP contribution in [0.3, 0.4) is 0 Å². The maximum Gasteiger partial charge on any atom is 0.129 e. The molecule has 0 spiro atoms. The maximum atomic E-state index is 12.9. The van der Waals surface area contributed by atoms with E-state index in [4.69, 9.17) is 5.84 Å². The summed E-state index contributed by atoms with van der Waals surface area (Å²) >= 11 is 3.16. The van der Waals surface area contributed by atoms with E-state index < -0.39 is 0 Å². The van der Waals surface area contributed by atoms with Crippen LogP contribution in [0, 0.1) is 5.82 Å². The fourth-order valence-electron chi connectivity index (χ4n) is 0.745. The highest BCUT2D eigenvalue weighted by Crippen LogP contribution is 2.15. The molecular formula is C7H8BrFN2. The first-order valence-electron chi connectivity index (χ1n) is 3.09. The van der Waals surface area contributed by atoms with Crippen molar-refractivity contribution in [3.8, 4) is 0 Å². The molecule has 0 saturated carbocycles. The fraction of sp³-hybridized carbons (Fsp3) is 0.143. The Kier molecular flexibility index (Phi) is 2.84. The minimum absolute atomic E-state index is 0.252. The number of nitrogens with one attached hydrogen (secondary N) is 1. The van der Waals surface area contributed by atoms with Crippen molar-refractivity contribution in [3.05, 3.63) is 29.6 Å². The second-order valence-electron chi connectivity index (χ2n) is 2.08. The Hall–Kier alpha value is -0.610. The van der Waals surface area contributed by atoms with Gasteiger partial charge in [0.2, 0.25) is 0 Å². The molecule has 0 aliphatic rings. The van der Waals surface area contributed by atoms with Crippen LogP contribution in [0.15, 0.2) is 18.2 Å². The zero-order chi connectivity index (χ0) is 8.27. The van der Waals surface area contributed by atoms with Gasteiger partial charge in [0.25, 0.3) is 0 Å². The Balaban J connectivity index is 2.99. The SMILES string of the molecule is NNc1ccc(CBr)c(F)c1. The molecule has 60 valence electrons. The van der Waals surface area contributed by atoms with Crippen LogP contribution in [-0.4, -0.2) is 0 Å². The summed E-state index contributed by atoms with van der Waals surface area (Å²) in [6.07, 6.45) is 0. The van der Waals surface area contributed by atoms with Crippen LogP contribution in [0.1, 0.15) is 5.56 Å². The van der Waals surface area contributed by atoms with Crippen molar-refractivity contribution >= 4 is 21.6 Å². The monoisotopic (exact) mass is 218 g/mol. The number of hydrogen-bond donors (Lipinski definition) is 2. The van der Waals surface area contributed by atoms with Crippen LogP contribution in [0.4, 0.5) is 10.1 Å². The molecule has 0 amide bonds. The van der Waals surface area contributed by atoms with Gasteiger partial charge in [0.1, 0.15) is 5.82 Å². The van der Waals surface area contributed by atoms with Crippen LogP contribution in [0.25, 0.3) is 0 Å². The molecule has 0 radical (unpaired) electrons. The molecule has 2 nitrogen and oxygen atoms in total. The molecule has 0 fully saturated rings. The summed E-state index contributed by atoms with van der Waals surface area (Å²) in [6, 6.07) is 4.76. The summed E-state index contributed by atoms with van der Waals surface area (Å²) < 4.78 is 12.9. The molecule has 0 atom stereocenters. The highest BCUT2D eigenvalue weighted by atomic mass is 79.9. The Morgan fingerprint density at radius 1 is 1.55 bits per heavy atom. The molecule has 0 aromatic heterocycles. The van der Waals surface area contributed by atoms with E-state index in [1.165, 1.54) is 6.07 Å². The van der Waals surface area contributed by atoms with Crippen molar-refractivity contribution in [2.24, 2.45) is 5.84 Å². The minimum atomic E-state index is -0.252. The minimum Gasteiger partial charge on any atom is -0.324 e. The summed E-state index contributed by atoms with van der Waals surface area (Å²) in [5.41, 5.74) is 3.57. The molecule has 0 aliphatic heterocycles. The van der Waals surface area contributed by atoms with E-state index in [0.717, 1.165) is 0 Å². The number of rotatable bonds is 2. The molecule has 1 rings (SSSR count). The van der Waals surface area contributed by atoms with Gasteiger partial charge >= 0.3 is 0 Å². The van der Waals surface area contributed by atoms with Gasteiger partial charge in [-0.3, -0.25) is 5.84 Å². The summed E-state index contributed by atoms with van der Waals surface area (Å²) in [6.45, 7) is 0. The van der Waals surface area contributed by atoms with Crippen molar-refractivity contribution in [2.75, 3.05) is 5.43 Å². The molecule has 3 N–H and O–H groups in total. The van der Waals surface area contributed by atoms with Gasteiger partial charge in [-0.15, -0.1) is 0 Å². The highest BCUT2D eigenvalue weighted by molar-refractivity contribution is 9.08. The predicted octanol–water partition coefficient (Wildman–Crippen LogP) is 2.01. The van der Waals surface area contributed by atoms with E-state index in [1.54, 1.807) is 12.1 Å². The maximum absolute atomic E-state index is 12.9. The van der Waals surface area contributed by atoms with Gasteiger partial charge in [-0.25, -0.2) is 4.39 Å². The van der Waals surface area contributed by atoms with Gasteiger partial charge in [0, 0.05) is 5.33 Å². The molecule has 0 saturated heterocycles. The van der Waals surface area contributed by atoms with Crippen LogP contribution in [0.2, 0.25) is 0 Å². The third-order valence-electron chi connectivity index (χ3n) is 1.36. The number of hydrogen-bond acceptors (Lipinski definition) is 2. The quantitative estimate of drug-likeness (QED) is 0.453. The van der Waals surface area contributed by atoms with E-state index in [2.05, 4.69) is 21.4 Å². The summed E-state index contributed by atoms with van der Waals surface area (Å²) in [5.74, 6) is 4.83. The third kappa shape index (κ3) is 1.91. The lowest BCUT2D eigenvalue weighted by atomic mass is 10.2. The second kappa shape index (κ2) is 3.69. The molecule has 11 heavy (non-hydrogen) atoms. The lowest BCUT2D eigenvalue weighted by Crippen LogP contribution is -2.06. The van der Waals surface area contributed by atoms with Gasteiger partial charge < -0.3 is 5.43 Å². The third-order valence-corrected chi connectivity index (χ3v) is 1.97. The summed E-state index contributed by atoms with van der Waals surface area (Å²) in [4.78, 5) is 0. The van der Waals surface area contributed by atoms with E-state index in [9.17, 15) is 4.39 Å². The number of alkyl halides is 1. The number of nitrogen functional groups attached to an aromatic ring is 1. The average molecular weight is 219 g/mol. The first-order chi connectivity index (χ1) is 5.27. The molecule has 0 heterocycles. The van der Waals surface area contributed by atoms with Crippen LogP contribution < -0.4 is 11.3 Å². The molecule has 1 aromatic carbocycles. The standard InChI is InChI=1S/C7H8BrFN2/c8-4-5-1-2-6(11-10)3-7(5)9/h1-3,11H,4,10H2. The molecule has 1 aromatic rings. The van der Waals surface area contributed by atoms with Crippen molar-refractivity contribution in [2.45, 2.75) is 5.33 Å². The number of nitrogens with two attached hydrogens (primary N) is 1. The van der Waals surface area contributed by atoms with E-state index in [0.29, 0.717) is 16.6 Å². The number of halogens is 2. The lowest BCUT2D eigenvalue weighted by molar-refractivity contribution is 0.618. The molecular weight excluding hydrogens is 211 g/mol. The lowest BCUT2D eigenvalue weighted by Gasteiger charge is -2.01. The van der Waals surface area contributed by atoms with E-state index >= 15 is 0 Å². The first-order valence-corrected chi connectivity index (χ1v) is 4.21. The largest absolute Gasteiger partial charge is 0.324 e. The second-order valence-corrected chi connectivity index (χ2v) is 2.64. The topological polar surface area (TPSA) is 38.0 Å². The number of benzene rings is 1. The fourth-order valence-corrected chi connectivity index (χ4v) is 1.20. The summed E-state index contributed by atoms with van der Waals surface area (Å²) in [7, 11) is 0. The molecule has 0 aliphatic carbocycles. The van der Waals surface area contributed by atoms with Gasteiger partial charge in [0.15, 0.2) is 0 Å². The predicted molar refractivity (Wildman–Crippen MR) is 46.8 cm³/mol. The highest BCUT2D eigenvalue weighted by Gasteiger charge is 1.99. The van der Waals surface area contributed by atoms with Gasteiger partial charge in [-0.2, -0.15) is 0 Å². The number of anilines is 1. The smallest absolute Gasteiger partial charge is 0.129 e. The summed E-state index contributed by atoms with van der Waals surface area (Å²) in [5, 5.41) is 0.518. The Bertz CT molecular complexity index is 252. The van der Waals surface area contributed by atoms with Crippen LogP contribution in [-0.2, 0) is 5.33 Å². The Morgan fingerprint density at radius 3 is 2.73 bits per heavy atom. The zero-order valence-electron chi connectivity index (χ0n) is 5.77. The Labute approximate surface area is 72.7 Å². The molecule has 0 unspecified atom stereocenters. The van der Waals surface area contributed by atoms with Crippen molar-refractivity contribution in [1.82, 2.24) is 0 Å².